The molecule has 0 spiro atoms. The third-order valence-corrected chi connectivity index (χ3v) is 3.71. The molecule has 0 unspecified atom stereocenters. The van der Waals surface area contributed by atoms with Gasteiger partial charge in [0.15, 0.2) is 0 Å². The van der Waals surface area contributed by atoms with Gasteiger partial charge in [-0.15, -0.1) is 0 Å². The molecule has 0 bridgehead atoms. The Bertz CT molecular complexity index is 473. The van der Waals surface area contributed by atoms with Crippen molar-refractivity contribution in [3.05, 3.63) is 28.8 Å². The van der Waals surface area contributed by atoms with Crippen LogP contribution in [0.2, 0.25) is 0 Å². The molecule has 1 saturated carbocycles. The SMILES string of the molecule is Cc1cc(O)c(C2(C(=O)O)CC(O)C2)cc1C. The van der Waals surface area contributed by atoms with Crippen molar-refractivity contribution in [2.75, 3.05) is 0 Å². The molecule has 0 saturated heterocycles. The number of rotatable bonds is 2. The van der Waals surface area contributed by atoms with Gasteiger partial charge in [0.2, 0.25) is 0 Å². The average Bonchev–Trinajstić information content (AvgIpc) is 2.18. The van der Waals surface area contributed by atoms with Crippen LogP contribution in [0.4, 0.5) is 0 Å². The summed E-state index contributed by atoms with van der Waals surface area (Å²) in [5.41, 5.74) is 1.16. The van der Waals surface area contributed by atoms with Gasteiger partial charge in [-0.1, -0.05) is 6.07 Å². The van der Waals surface area contributed by atoms with E-state index in [4.69, 9.17) is 0 Å². The Morgan fingerprint density at radius 1 is 1.29 bits per heavy atom. The van der Waals surface area contributed by atoms with E-state index in [1.807, 2.05) is 13.8 Å². The van der Waals surface area contributed by atoms with Crippen LogP contribution in [0.5, 0.6) is 5.75 Å². The molecule has 0 aromatic heterocycles. The van der Waals surface area contributed by atoms with E-state index in [1.165, 1.54) is 0 Å². The van der Waals surface area contributed by atoms with Crippen LogP contribution in [0.1, 0.15) is 29.5 Å². The van der Waals surface area contributed by atoms with Crippen LogP contribution in [0.25, 0.3) is 0 Å². The minimum absolute atomic E-state index is 0.00222. The number of aromatic hydroxyl groups is 1. The number of carboxylic acid groups (broad SMARTS) is 1. The van der Waals surface area contributed by atoms with Crippen molar-refractivity contribution in [2.24, 2.45) is 0 Å². The normalized spacial score (nSPS) is 27.6. The highest BCUT2D eigenvalue weighted by atomic mass is 16.4. The molecule has 1 aromatic carbocycles. The van der Waals surface area contributed by atoms with E-state index < -0.39 is 17.5 Å². The number of carbonyl (C=O) groups is 1. The van der Waals surface area contributed by atoms with Crippen LogP contribution in [-0.2, 0) is 10.2 Å². The quantitative estimate of drug-likeness (QED) is 0.727. The zero-order valence-electron chi connectivity index (χ0n) is 9.90. The first kappa shape index (κ1) is 11.9. The van der Waals surface area contributed by atoms with E-state index in [1.54, 1.807) is 12.1 Å². The van der Waals surface area contributed by atoms with Gasteiger partial charge in [-0.05, 0) is 43.9 Å². The lowest BCUT2D eigenvalue weighted by atomic mass is 9.62. The van der Waals surface area contributed by atoms with E-state index in [-0.39, 0.29) is 18.6 Å². The van der Waals surface area contributed by atoms with Crippen LogP contribution in [0.3, 0.4) is 0 Å². The summed E-state index contributed by atoms with van der Waals surface area (Å²) in [6.45, 7) is 3.74. The molecular weight excluding hydrogens is 220 g/mol. The molecule has 2 rings (SSSR count). The molecule has 1 aromatic rings. The summed E-state index contributed by atoms with van der Waals surface area (Å²) in [6.07, 6.45) is -0.260. The lowest BCUT2D eigenvalue weighted by Gasteiger charge is -2.42. The Labute approximate surface area is 99.5 Å². The van der Waals surface area contributed by atoms with E-state index in [2.05, 4.69) is 0 Å². The van der Waals surface area contributed by atoms with Crippen molar-refractivity contribution in [3.8, 4) is 5.75 Å². The van der Waals surface area contributed by atoms with Gasteiger partial charge in [0.25, 0.3) is 0 Å². The van der Waals surface area contributed by atoms with Crippen molar-refractivity contribution in [1.82, 2.24) is 0 Å². The van der Waals surface area contributed by atoms with E-state index >= 15 is 0 Å². The molecule has 92 valence electrons. The number of hydrogen-bond acceptors (Lipinski definition) is 3. The number of phenols is 1. The number of phenolic OH excluding ortho intramolecular Hbond substituents is 1. The topological polar surface area (TPSA) is 77.8 Å². The Morgan fingerprint density at radius 3 is 2.29 bits per heavy atom. The third-order valence-electron chi connectivity index (χ3n) is 3.71. The van der Waals surface area contributed by atoms with Gasteiger partial charge in [-0.25, -0.2) is 0 Å². The summed E-state index contributed by atoms with van der Waals surface area (Å²) >= 11 is 0. The van der Waals surface area contributed by atoms with Crippen molar-refractivity contribution in [3.63, 3.8) is 0 Å². The molecule has 4 heteroatoms. The first-order valence-corrected chi connectivity index (χ1v) is 5.59. The molecule has 4 nitrogen and oxygen atoms in total. The summed E-state index contributed by atoms with van der Waals surface area (Å²) in [4.78, 5) is 11.4. The van der Waals surface area contributed by atoms with Crippen LogP contribution in [0, 0.1) is 13.8 Å². The first-order valence-electron chi connectivity index (χ1n) is 5.59. The zero-order valence-corrected chi connectivity index (χ0v) is 9.90. The van der Waals surface area contributed by atoms with Crippen molar-refractivity contribution < 1.29 is 20.1 Å². The summed E-state index contributed by atoms with van der Waals surface area (Å²) in [6, 6.07) is 3.30. The number of hydrogen-bond donors (Lipinski definition) is 3. The molecular formula is C13H16O4. The molecule has 1 aliphatic carbocycles. The van der Waals surface area contributed by atoms with Gasteiger partial charge in [0.1, 0.15) is 11.2 Å². The maximum atomic E-state index is 11.4. The number of benzene rings is 1. The number of aryl methyl sites for hydroxylation is 2. The lowest BCUT2D eigenvalue weighted by Crippen LogP contribution is -2.50. The molecule has 1 aliphatic rings. The van der Waals surface area contributed by atoms with Crippen molar-refractivity contribution in [1.29, 1.82) is 0 Å². The number of aliphatic hydroxyl groups is 1. The minimum Gasteiger partial charge on any atom is -0.508 e. The second-order valence-electron chi connectivity index (χ2n) is 4.90. The average molecular weight is 236 g/mol. The van der Waals surface area contributed by atoms with Crippen LogP contribution in [0.15, 0.2) is 12.1 Å². The molecule has 0 aliphatic heterocycles. The van der Waals surface area contributed by atoms with Gasteiger partial charge in [0.05, 0.1) is 6.10 Å². The van der Waals surface area contributed by atoms with Crippen LogP contribution < -0.4 is 0 Å². The highest BCUT2D eigenvalue weighted by molar-refractivity contribution is 5.84. The van der Waals surface area contributed by atoms with E-state index in [0.717, 1.165) is 11.1 Å². The Hall–Kier alpha value is -1.55. The maximum Gasteiger partial charge on any atom is 0.314 e. The zero-order chi connectivity index (χ0) is 12.8. The van der Waals surface area contributed by atoms with Gasteiger partial charge in [-0.3, -0.25) is 4.79 Å². The van der Waals surface area contributed by atoms with Crippen molar-refractivity contribution in [2.45, 2.75) is 38.2 Å². The first-order chi connectivity index (χ1) is 7.86. The van der Waals surface area contributed by atoms with Gasteiger partial charge < -0.3 is 15.3 Å². The van der Waals surface area contributed by atoms with Crippen LogP contribution in [-0.4, -0.2) is 27.4 Å². The smallest absolute Gasteiger partial charge is 0.314 e. The Morgan fingerprint density at radius 2 is 1.82 bits per heavy atom. The van der Waals surface area contributed by atoms with Crippen molar-refractivity contribution >= 4 is 5.97 Å². The number of carboxylic acids is 1. The maximum absolute atomic E-state index is 11.4. The predicted octanol–water partition coefficient (Wildman–Crippen LogP) is 1.49. The molecule has 1 fully saturated rings. The predicted molar refractivity (Wildman–Crippen MR) is 62.1 cm³/mol. The summed E-state index contributed by atoms with van der Waals surface area (Å²) in [5.74, 6) is -0.983. The summed E-state index contributed by atoms with van der Waals surface area (Å²) in [7, 11) is 0. The highest BCUT2D eigenvalue weighted by Crippen LogP contribution is 2.47. The second kappa shape index (κ2) is 3.74. The minimum atomic E-state index is -1.12. The largest absolute Gasteiger partial charge is 0.508 e. The molecule has 0 atom stereocenters. The molecule has 0 heterocycles. The molecule has 0 amide bonds. The Kier molecular flexibility index (Phi) is 2.62. The lowest BCUT2D eigenvalue weighted by molar-refractivity contribution is -0.153. The molecule has 0 radical (unpaired) electrons. The third kappa shape index (κ3) is 1.69. The van der Waals surface area contributed by atoms with E-state index in [0.29, 0.717) is 5.56 Å². The van der Waals surface area contributed by atoms with Gasteiger partial charge in [-0.2, -0.15) is 0 Å². The second-order valence-corrected chi connectivity index (χ2v) is 4.90. The molecule has 3 N–H and O–H groups in total. The monoisotopic (exact) mass is 236 g/mol. The van der Waals surface area contributed by atoms with Gasteiger partial charge in [0, 0.05) is 5.56 Å². The fourth-order valence-electron chi connectivity index (χ4n) is 2.44. The number of aliphatic carboxylic acids is 1. The van der Waals surface area contributed by atoms with Gasteiger partial charge >= 0.3 is 5.97 Å². The standard InChI is InChI=1S/C13H16O4/c1-7-3-10(11(15)4-8(7)2)13(12(16)17)5-9(14)6-13/h3-4,9,14-15H,5-6H2,1-2H3,(H,16,17). The fraction of sp³-hybridized carbons (Fsp3) is 0.462. The molecule has 17 heavy (non-hydrogen) atoms. The Balaban J connectivity index is 2.52. The summed E-state index contributed by atoms with van der Waals surface area (Å²) < 4.78 is 0. The number of aliphatic hydroxyl groups excluding tert-OH is 1. The van der Waals surface area contributed by atoms with Crippen LogP contribution >= 0.6 is 0 Å². The van der Waals surface area contributed by atoms with E-state index in [9.17, 15) is 20.1 Å². The summed E-state index contributed by atoms with van der Waals surface area (Å²) in [5, 5.41) is 28.6. The fourth-order valence-corrected chi connectivity index (χ4v) is 2.44. The highest BCUT2D eigenvalue weighted by Gasteiger charge is 2.52.